The summed E-state index contributed by atoms with van der Waals surface area (Å²) in [5, 5.41) is 5.09. The highest BCUT2D eigenvalue weighted by Gasteiger charge is 2.16. The van der Waals surface area contributed by atoms with Crippen LogP contribution in [-0.2, 0) is 0 Å². The van der Waals surface area contributed by atoms with Gasteiger partial charge in [0.1, 0.15) is 0 Å². The van der Waals surface area contributed by atoms with E-state index in [1.165, 1.54) is 37.3 Å². The maximum Gasteiger partial charge on any atom is 0.226 e. The normalized spacial score (nSPS) is 11.7. The molecule has 6 heteroatoms. The van der Waals surface area contributed by atoms with Gasteiger partial charge in [0.15, 0.2) is 11.6 Å². The first kappa shape index (κ1) is 22.4. The Kier molecular flexibility index (Phi) is 5.02. The van der Waals surface area contributed by atoms with Crippen LogP contribution in [0.15, 0.2) is 115 Å². The lowest BCUT2D eigenvalue weighted by atomic mass is 10.1. The number of rotatable bonds is 3. The van der Waals surface area contributed by atoms with E-state index in [1.54, 1.807) is 11.3 Å². The number of para-hydroxylation sites is 2. The highest BCUT2D eigenvalue weighted by Crippen LogP contribution is 2.39. The molecule has 0 aliphatic heterocycles. The molecule has 0 bridgehead atoms. The van der Waals surface area contributed by atoms with Crippen molar-refractivity contribution in [3.63, 3.8) is 0 Å². The van der Waals surface area contributed by atoms with Crippen LogP contribution in [0.2, 0.25) is 5.28 Å². The Bertz CT molecular complexity index is 2140. The molecule has 39 heavy (non-hydrogen) atoms. The Morgan fingerprint density at radius 2 is 1.15 bits per heavy atom. The minimum Gasteiger partial charge on any atom is -0.309 e. The van der Waals surface area contributed by atoms with Crippen molar-refractivity contribution >= 4 is 64.9 Å². The van der Waals surface area contributed by atoms with E-state index >= 15 is 0 Å². The maximum absolute atomic E-state index is 6.46. The Morgan fingerprint density at radius 3 is 1.90 bits per heavy atom. The van der Waals surface area contributed by atoms with Crippen molar-refractivity contribution < 1.29 is 0 Å². The van der Waals surface area contributed by atoms with E-state index in [-0.39, 0.29) is 5.28 Å². The van der Waals surface area contributed by atoms with Gasteiger partial charge in [0.2, 0.25) is 5.28 Å². The van der Waals surface area contributed by atoms with Gasteiger partial charge in [-0.2, -0.15) is 9.97 Å². The topological polar surface area (TPSA) is 43.6 Å². The average molecular weight is 539 g/mol. The van der Waals surface area contributed by atoms with Gasteiger partial charge < -0.3 is 4.57 Å². The number of halogens is 1. The molecule has 0 saturated carbocycles. The molecule has 0 aliphatic rings. The molecule has 0 N–H and O–H groups in total. The summed E-state index contributed by atoms with van der Waals surface area (Å²) in [4.78, 5) is 13.9. The van der Waals surface area contributed by atoms with Gasteiger partial charge in [-0.3, -0.25) is 0 Å². The highest BCUT2D eigenvalue weighted by atomic mass is 35.5. The Morgan fingerprint density at radius 1 is 0.538 bits per heavy atom. The van der Waals surface area contributed by atoms with Crippen molar-refractivity contribution in [3.05, 3.63) is 121 Å². The summed E-state index contributed by atoms with van der Waals surface area (Å²) in [5.74, 6) is 1.13. The molecular formula is C33H19ClN4S. The number of nitrogens with zero attached hydrogens (tertiary/aromatic N) is 4. The monoisotopic (exact) mass is 538 g/mol. The summed E-state index contributed by atoms with van der Waals surface area (Å²) in [6.07, 6.45) is 0. The summed E-state index contributed by atoms with van der Waals surface area (Å²) in [7, 11) is 0. The molecule has 4 nitrogen and oxygen atoms in total. The summed E-state index contributed by atoms with van der Waals surface area (Å²) in [6.45, 7) is 0. The van der Waals surface area contributed by atoms with Crippen molar-refractivity contribution in [3.8, 4) is 28.5 Å². The second kappa shape index (κ2) is 8.73. The van der Waals surface area contributed by atoms with Crippen LogP contribution in [0.4, 0.5) is 0 Å². The molecule has 0 unspecified atom stereocenters. The van der Waals surface area contributed by atoms with Gasteiger partial charge in [-0.05, 0) is 60.1 Å². The SMILES string of the molecule is Clc1nc(-c2ccc(-n3c4ccccc4c4ccccc43)cc2)nc(-c2cccc3c2sc2ccccc23)n1. The van der Waals surface area contributed by atoms with Crippen molar-refractivity contribution in [1.82, 2.24) is 19.5 Å². The molecule has 3 heterocycles. The van der Waals surface area contributed by atoms with Gasteiger partial charge in [0, 0.05) is 47.8 Å². The lowest BCUT2D eigenvalue weighted by molar-refractivity contribution is 1.07. The van der Waals surface area contributed by atoms with Gasteiger partial charge in [-0.15, -0.1) is 11.3 Å². The van der Waals surface area contributed by atoms with Gasteiger partial charge in [-0.25, -0.2) is 4.98 Å². The third kappa shape index (κ3) is 3.55. The second-order valence-electron chi connectivity index (χ2n) is 9.45. The molecule has 8 aromatic rings. The van der Waals surface area contributed by atoms with Gasteiger partial charge >= 0.3 is 0 Å². The van der Waals surface area contributed by atoms with Gasteiger partial charge in [0.25, 0.3) is 0 Å². The fraction of sp³-hybridized carbons (Fsp3) is 0. The molecule has 3 aromatic heterocycles. The number of hydrogen-bond donors (Lipinski definition) is 0. The van der Waals surface area contributed by atoms with E-state index in [4.69, 9.17) is 16.6 Å². The number of fused-ring (bicyclic) bond motifs is 6. The highest BCUT2D eigenvalue weighted by molar-refractivity contribution is 7.26. The minimum atomic E-state index is 0.180. The second-order valence-corrected chi connectivity index (χ2v) is 10.8. The zero-order chi connectivity index (χ0) is 25.9. The summed E-state index contributed by atoms with van der Waals surface area (Å²) in [5.41, 5.74) is 5.27. The number of aromatic nitrogens is 4. The molecule has 0 saturated heterocycles. The molecule has 0 amide bonds. The zero-order valence-corrected chi connectivity index (χ0v) is 22.1. The smallest absolute Gasteiger partial charge is 0.226 e. The minimum absolute atomic E-state index is 0.180. The molecule has 0 fully saturated rings. The van der Waals surface area contributed by atoms with Crippen LogP contribution in [-0.4, -0.2) is 19.5 Å². The van der Waals surface area contributed by atoms with E-state index in [0.29, 0.717) is 11.6 Å². The first-order valence-corrected chi connectivity index (χ1v) is 13.9. The van der Waals surface area contributed by atoms with Crippen molar-refractivity contribution in [2.75, 3.05) is 0 Å². The largest absolute Gasteiger partial charge is 0.309 e. The Labute approximate surface area is 232 Å². The first-order chi connectivity index (χ1) is 19.2. The molecule has 0 atom stereocenters. The lowest BCUT2D eigenvalue weighted by Gasteiger charge is -2.09. The molecule has 0 spiro atoms. The molecule has 5 aromatic carbocycles. The van der Waals surface area contributed by atoms with E-state index in [9.17, 15) is 0 Å². The third-order valence-electron chi connectivity index (χ3n) is 7.22. The zero-order valence-electron chi connectivity index (χ0n) is 20.5. The maximum atomic E-state index is 6.46. The number of thiophene rings is 1. The number of benzene rings is 5. The van der Waals surface area contributed by atoms with Gasteiger partial charge in [0.05, 0.1) is 11.0 Å². The van der Waals surface area contributed by atoms with Gasteiger partial charge in [-0.1, -0.05) is 66.7 Å². The van der Waals surface area contributed by atoms with Crippen LogP contribution in [0, 0.1) is 0 Å². The van der Waals surface area contributed by atoms with Crippen LogP contribution in [0.3, 0.4) is 0 Å². The van der Waals surface area contributed by atoms with E-state index in [1.807, 2.05) is 12.1 Å². The van der Waals surface area contributed by atoms with Crippen LogP contribution in [0.25, 0.3) is 70.4 Å². The molecule has 8 rings (SSSR count). The summed E-state index contributed by atoms with van der Waals surface area (Å²) in [6, 6.07) is 40.0. The molecule has 0 aliphatic carbocycles. The predicted octanol–water partition coefficient (Wildman–Crippen LogP) is 9.32. The molecule has 184 valence electrons. The quantitative estimate of drug-likeness (QED) is 0.225. The first-order valence-electron chi connectivity index (χ1n) is 12.7. The van der Waals surface area contributed by atoms with Crippen LogP contribution < -0.4 is 0 Å². The average Bonchev–Trinajstić information content (AvgIpc) is 3.53. The fourth-order valence-corrected chi connectivity index (χ4v) is 6.86. The number of hydrogen-bond acceptors (Lipinski definition) is 4. The van der Waals surface area contributed by atoms with Crippen LogP contribution in [0.1, 0.15) is 0 Å². The van der Waals surface area contributed by atoms with E-state index in [2.05, 4.69) is 118 Å². The summed E-state index contributed by atoms with van der Waals surface area (Å²) < 4.78 is 4.68. The summed E-state index contributed by atoms with van der Waals surface area (Å²) >= 11 is 8.21. The lowest BCUT2D eigenvalue weighted by Crippen LogP contribution is -1.98. The molecule has 0 radical (unpaired) electrons. The van der Waals surface area contributed by atoms with Crippen molar-refractivity contribution in [1.29, 1.82) is 0 Å². The van der Waals surface area contributed by atoms with Crippen molar-refractivity contribution in [2.24, 2.45) is 0 Å². The molecular weight excluding hydrogens is 520 g/mol. The van der Waals surface area contributed by atoms with Crippen molar-refractivity contribution in [2.45, 2.75) is 0 Å². The van der Waals surface area contributed by atoms with E-state index in [0.717, 1.165) is 21.5 Å². The standard InChI is InChI=1S/C33H19ClN4S/c34-33-36-31(35-32(37-33)26-12-7-11-25-24-10-3-6-15-29(24)39-30(25)26)20-16-18-21(19-17-20)38-27-13-4-1-8-22(27)23-9-2-5-14-28(23)38/h1-19H. The fourth-order valence-electron chi connectivity index (χ4n) is 5.48. The third-order valence-corrected chi connectivity index (χ3v) is 8.61. The Balaban J connectivity index is 1.25. The van der Waals surface area contributed by atoms with E-state index < -0.39 is 0 Å². The van der Waals surface area contributed by atoms with Crippen LogP contribution >= 0.6 is 22.9 Å². The van der Waals surface area contributed by atoms with Crippen LogP contribution in [0.5, 0.6) is 0 Å². The Hall–Kier alpha value is -4.58. The predicted molar refractivity (Wildman–Crippen MR) is 163 cm³/mol.